The molecule has 0 saturated heterocycles. The number of nitrogens with one attached hydrogen (secondary N) is 1. The van der Waals surface area contributed by atoms with Crippen molar-refractivity contribution in [3.8, 4) is 0 Å². The molecule has 110 valence electrons. The summed E-state index contributed by atoms with van der Waals surface area (Å²) in [6.45, 7) is 0. The fourth-order valence-electron chi connectivity index (χ4n) is 2.66. The Labute approximate surface area is 114 Å². The van der Waals surface area contributed by atoms with Crippen LogP contribution in [0.2, 0.25) is 0 Å². The van der Waals surface area contributed by atoms with Crippen LogP contribution in [0.4, 0.5) is 0 Å². The Morgan fingerprint density at radius 1 is 1.21 bits per heavy atom. The molecule has 1 atom stereocenters. The number of hydrogen-bond acceptors (Lipinski definition) is 3. The summed E-state index contributed by atoms with van der Waals surface area (Å²) < 4.78 is 28.1. The molecule has 0 aliphatic heterocycles. The highest BCUT2D eigenvalue weighted by Gasteiger charge is 2.40. The first-order chi connectivity index (χ1) is 8.92. The second-order valence-electron chi connectivity index (χ2n) is 5.58. The highest BCUT2D eigenvalue weighted by Crippen LogP contribution is 2.33. The first-order valence-electron chi connectivity index (χ1n) is 6.90. The quantitative estimate of drug-likeness (QED) is 0.762. The molecule has 2 aliphatic rings. The first kappa shape index (κ1) is 14.7. The molecule has 2 rings (SSSR count). The predicted molar refractivity (Wildman–Crippen MR) is 70.8 cm³/mol. The van der Waals surface area contributed by atoms with Crippen molar-refractivity contribution in [2.24, 2.45) is 5.92 Å². The predicted octanol–water partition coefficient (Wildman–Crippen LogP) is 0.948. The average molecular weight is 290 g/mol. The normalized spacial score (nSPS) is 23.5. The van der Waals surface area contributed by atoms with Gasteiger partial charge in [-0.05, 0) is 31.6 Å². The molecule has 2 aliphatic carbocycles. The van der Waals surface area contributed by atoms with Crippen LogP contribution in [0.3, 0.4) is 0 Å². The first-order valence-corrected chi connectivity index (χ1v) is 8.34. The topological polar surface area (TPSA) is 86.7 Å². The Bertz CT molecular complexity index is 427. The maximum atomic E-state index is 12.2. The van der Waals surface area contributed by atoms with Crippen LogP contribution >= 0.6 is 0 Å². The average Bonchev–Trinajstić information content (AvgIpc) is 3.20. The molecule has 0 heterocycles. The van der Waals surface area contributed by atoms with E-state index in [4.69, 9.17) is 5.11 Å². The molecular weight excluding hydrogens is 268 g/mol. The van der Waals surface area contributed by atoms with Crippen molar-refractivity contribution in [1.29, 1.82) is 0 Å². The van der Waals surface area contributed by atoms with Crippen LogP contribution in [0.5, 0.6) is 0 Å². The number of hydrogen-bond donors (Lipinski definition) is 2. The second kappa shape index (κ2) is 5.76. The van der Waals surface area contributed by atoms with E-state index >= 15 is 0 Å². The van der Waals surface area contributed by atoms with E-state index in [9.17, 15) is 13.2 Å². The molecule has 0 spiro atoms. The van der Waals surface area contributed by atoms with Crippen LogP contribution in [0, 0.1) is 5.92 Å². The number of rotatable bonds is 6. The van der Waals surface area contributed by atoms with E-state index in [1.807, 2.05) is 0 Å². The van der Waals surface area contributed by atoms with Gasteiger partial charge in [0.05, 0.1) is 0 Å². The molecule has 0 aromatic heterocycles. The van der Waals surface area contributed by atoms with Crippen molar-refractivity contribution in [2.45, 2.75) is 57.0 Å². The molecule has 2 N–H and O–H groups in total. The Kier molecular flexibility index (Phi) is 4.47. The molecule has 0 amide bonds. The molecule has 2 fully saturated rings. The number of aliphatic carboxylic acids is 1. The number of carbonyl (C=O) groups is 1. The monoisotopic (exact) mass is 290 g/mol. The molecule has 0 aromatic rings. The van der Waals surface area contributed by atoms with Crippen LogP contribution in [0.15, 0.2) is 0 Å². The number of carboxylic acids is 1. The highest BCUT2D eigenvalue weighted by atomic mass is 32.2. The van der Waals surface area contributed by atoms with Gasteiger partial charge in [-0.3, -0.25) is 4.79 Å². The van der Waals surface area contributed by atoms with Gasteiger partial charge in [-0.15, -0.1) is 0 Å². The summed E-state index contributed by atoms with van der Waals surface area (Å²) in [4.78, 5) is 11.1. The molecule has 7 heteroatoms. The summed E-state index contributed by atoms with van der Waals surface area (Å²) in [6.07, 6.45) is 6.51. The molecule has 0 bridgehead atoms. The summed E-state index contributed by atoms with van der Waals surface area (Å²) >= 11 is 0. The van der Waals surface area contributed by atoms with E-state index in [1.54, 1.807) is 7.05 Å². The van der Waals surface area contributed by atoms with Gasteiger partial charge in [-0.2, -0.15) is 17.4 Å². The van der Waals surface area contributed by atoms with Crippen molar-refractivity contribution in [3.63, 3.8) is 0 Å². The number of carboxylic acid groups (broad SMARTS) is 1. The number of nitrogens with zero attached hydrogens (tertiary/aromatic N) is 1. The smallest absolute Gasteiger partial charge is 0.322 e. The molecule has 1 unspecified atom stereocenters. The summed E-state index contributed by atoms with van der Waals surface area (Å²) in [5, 5.41) is 9.09. The second-order valence-corrected chi connectivity index (χ2v) is 7.35. The van der Waals surface area contributed by atoms with Crippen LogP contribution in [-0.2, 0) is 15.0 Å². The third kappa shape index (κ3) is 3.67. The van der Waals surface area contributed by atoms with E-state index < -0.39 is 22.2 Å². The Morgan fingerprint density at radius 3 is 2.26 bits per heavy atom. The summed E-state index contributed by atoms with van der Waals surface area (Å²) in [5.74, 6) is -1.13. The van der Waals surface area contributed by atoms with Gasteiger partial charge in [0.1, 0.15) is 6.04 Å². The molecule has 6 nitrogen and oxygen atoms in total. The van der Waals surface area contributed by atoms with Crippen molar-refractivity contribution in [3.05, 3.63) is 0 Å². The van der Waals surface area contributed by atoms with Gasteiger partial charge in [-0.1, -0.05) is 19.3 Å². The van der Waals surface area contributed by atoms with Gasteiger partial charge in [-0.25, -0.2) is 0 Å². The standard InChI is InChI=1S/C12H22N2O4S/c1-14(10-5-3-2-4-6-10)19(17,18)13-11(12(15)16)9-7-8-9/h9-11,13H,2-8H2,1H3,(H,15,16). The zero-order valence-corrected chi connectivity index (χ0v) is 12.0. The van der Waals surface area contributed by atoms with E-state index in [1.165, 1.54) is 4.31 Å². The molecule has 2 saturated carbocycles. The van der Waals surface area contributed by atoms with Crippen molar-refractivity contribution < 1.29 is 18.3 Å². The molecular formula is C12H22N2O4S. The minimum absolute atomic E-state index is 0.0000945. The maximum Gasteiger partial charge on any atom is 0.322 e. The lowest BCUT2D eigenvalue weighted by molar-refractivity contribution is -0.139. The minimum Gasteiger partial charge on any atom is -0.480 e. The van der Waals surface area contributed by atoms with Gasteiger partial charge in [0.2, 0.25) is 0 Å². The van der Waals surface area contributed by atoms with E-state index in [2.05, 4.69) is 4.72 Å². The van der Waals surface area contributed by atoms with Gasteiger partial charge in [0.25, 0.3) is 10.2 Å². The fraction of sp³-hybridized carbons (Fsp3) is 0.917. The van der Waals surface area contributed by atoms with Gasteiger partial charge >= 0.3 is 5.97 Å². The summed E-state index contributed by atoms with van der Waals surface area (Å²) in [5.41, 5.74) is 0. The van der Waals surface area contributed by atoms with Crippen LogP contribution in [0.25, 0.3) is 0 Å². The Hall–Kier alpha value is -0.660. The third-order valence-corrected chi connectivity index (χ3v) is 5.71. The van der Waals surface area contributed by atoms with Gasteiger partial charge < -0.3 is 5.11 Å². The lowest BCUT2D eigenvalue weighted by Gasteiger charge is -2.31. The van der Waals surface area contributed by atoms with Crippen LogP contribution in [-0.4, -0.2) is 42.9 Å². The lowest BCUT2D eigenvalue weighted by Crippen LogP contribution is -2.51. The lowest BCUT2D eigenvalue weighted by atomic mass is 9.96. The molecule has 0 radical (unpaired) electrons. The SMILES string of the molecule is CN(C1CCCCC1)S(=O)(=O)NC(C(=O)O)C1CC1. The third-order valence-electron chi connectivity index (χ3n) is 4.10. The van der Waals surface area contributed by atoms with Crippen molar-refractivity contribution >= 4 is 16.2 Å². The highest BCUT2D eigenvalue weighted by molar-refractivity contribution is 7.87. The largest absolute Gasteiger partial charge is 0.480 e. The summed E-state index contributed by atoms with van der Waals surface area (Å²) in [6, 6.07) is -0.976. The Balaban J connectivity index is 2.01. The van der Waals surface area contributed by atoms with Gasteiger partial charge in [0.15, 0.2) is 0 Å². The fourth-order valence-corrected chi connectivity index (χ4v) is 4.05. The van der Waals surface area contributed by atoms with Crippen LogP contribution in [0.1, 0.15) is 44.9 Å². The van der Waals surface area contributed by atoms with Crippen LogP contribution < -0.4 is 4.72 Å². The zero-order valence-electron chi connectivity index (χ0n) is 11.2. The Morgan fingerprint density at radius 2 is 1.79 bits per heavy atom. The zero-order chi connectivity index (χ0) is 14.0. The maximum absolute atomic E-state index is 12.2. The van der Waals surface area contributed by atoms with E-state index in [0.717, 1.165) is 44.9 Å². The van der Waals surface area contributed by atoms with Crippen molar-refractivity contribution in [2.75, 3.05) is 7.05 Å². The molecule has 0 aromatic carbocycles. The van der Waals surface area contributed by atoms with Crippen molar-refractivity contribution in [1.82, 2.24) is 9.03 Å². The van der Waals surface area contributed by atoms with E-state index in [0.29, 0.717) is 0 Å². The summed E-state index contributed by atoms with van der Waals surface area (Å²) in [7, 11) is -2.16. The molecule has 19 heavy (non-hydrogen) atoms. The van der Waals surface area contributed by atoms with Gasteiger partial charge in [0, 0.05) is 13.1 Å². The minimum atomic E-state index is -3.71. The van der Waals surface area contributed by atoms with E-state index in [-0.39, 0.29) is 12.0 Å².